The molecular weight excluding hydrogens is 224 g/mol. The van der Waals surface area contributed by atoms with Gasteiger partial charge in [0.1, 0.15) is 0 Å². The molecule has 0 aliphatic heterocycles. The molecular formula is C8H11ClN2O2S. The van der Waals surface area contributed by atoms with E-state index in [1.54, 1.807) is 24.3 Å². The van der Waals surface area contributed by atoms with Gasteiger partial charge in [-0.1, -0.05) is 23.7 Å². The Morgan fingerprint density at radius 3 is 2.36 bits per heavy atom. The van der Waals surface area contributed by atoms with Crippen LogP contribution >= 0.6 is 11.6 Å². The first kappa shape index (κ1) is 11.5. The fourth-order valence-corrected chi connectivity index (χ4v) is 1.48. The van der Waals surface area contributed by atoms with Crippen molar-refractivity contribution in [3.05, 3.63) is 34.9 Å². The van der Waals surface area contributed by atoms with E-state index in [-0.39, 0.29) is 6.54 Å². The molecule has 0 saturated heterocycles. The number of hydrogen-bond donors (Lipinski definition) is 2. The largest absolute Gasteiger partial charge is 0.276 e. The molecule has 14 heavy (non-hydrogen) atoms. The molecule has 0 aliphatic rings. The summed E-state index contributed by atoms with van der Waals surface area (Å²) in [5.41, 5.74) is 0.855. The smallest absolute Gasteiger partial charge is 0.205 e. The van der Waals surface area contributed by atoms with E-state index in [1.165, 1.54) is 7.05 Å². The van der Waals surface area contributed by atoms with Crippen molar-refractivity contribution in [2.24, 2.45) is 0 Å². The average molecular weight is 235 g/mol. The van der Waals surface area contributed by atoms with E-state index in [0.717, 1.165) is 5.56 Å². The fourth-order valence-electron chi connectivity index (χ4n) is 0.853. The lowest BCUT2D eigenvalue weighted by Crippen LogP contribution is -2.33. The molecule has 0 bridgehead atoms. The van der Waals surface area contributed by atoms with Gasteiger partial charge in [0, 0.05) is 18.6 Å². The van der Waals surface area contributed by atoms with Crippen LogP contribution in [-0.2, 0) is 16.8 Å². The summed E-state index contributed by atoms with van der Waals surface area (Å²) in [6.45, 7) is 0.250. The maximum atomic E-state index is 11.0. The van der Waals surface area contributed by atoms with E-state index in [9.17, 15) is 8.42 Å². The van der Waals surface area contributed by atoms with Crippen molar-refractivity contribution in [3.8, 4) is 0 Å². The summed E-state index contributed by atoms with van der Waals surface area (Å²) in [5.74, 6) is 0. The van der Waals surface area contributed by atoms with Crippen molar-refractivity contribution in [1.29, 1.82) is 0 Å². The second-order valence-electron chi connectivity index (χ2n) is 2.66. The molecule has 0 saturated carbocycles. The first-order valence-electron chi connectivity index (χ1n) is 3.96. The van der Waals surface area contributed by atoms with Crippen molar-refractivity contribution in [2.45, 2.75) is 6.54 Å². The Bertz CT molecular complexity index is 388. The Morgan fingerprint density at radius 2 is 1.86 bits per heavy atom. The van der Waals surface area contributed by atoms with Crippen molar-refractivity contribution in [3.63, 3.8) is 0 Å². The van der Waals surface area contributed by atoms with Crippen molar-refractivity contribution in [2.75, 3.05) is 7.05 Å². The van der Waals surface area contributed by atoms with Crippen LogP contribution < -0.4 is 9.44 Å². The maximum absolute atomic E-state index is 11.0. The van der Waals surface area contributed by atoms with Crippen LogP contribution in [-0.4, -0.2) is 15.5 Å². The van der Waals surface area contributed by atoms with Gasteiger partial charge in [0.2, 0.25) is 0 Å². The standard InChI is InChI=1S/C8H11ClN2O2S/c1-10-14(12,13)11-6-7-2-4-8(9)5-3-7/h2-5,10-11H,6H2,1H3. The molecule has 1 rings (SSSR count). The number of halogens is 1. The molecule has 0 radical (unpaired) electrons. The summed E-state index contributed by atoms with van der Waals surface area (Å²) in [6, 6.07) is 6.95. The van der Waals surface area contributed by atoms with Crippen LogP contribution in [0, 0.1) is 0 Å². The second kappa shape index (κ2) is 4.75. The molecule has 1 aromatic carbocycles. The van der Waals surface area contributed by atoms with Crippen molar-refractivity contribution >= 4 is 21.8 Å². The molecule has 0 heterocycles. The van der Waals surface area contributed by atoms with Gasteiger partial charge in [0.25, 0.3) is 10.2 Å². The number of hydrogen-bond acceptors (Lipinski definition) is 2. The summed E-state index contributed by atoms with van der Waals surface area (Å²) in [6.07, 6.45) is 0. The Hall–Kier alpha value is -0.620. The van der Waals surface area contributed by atoms with Crippen LogP contribution in [0.4, 0.5) is 0 Å². The topological polar surface area (TPSA) is 58.2 Å². The van der Waals surface area contributed by atoms with Crippen LogP contribution in [0.1, 0.15) is 5.56 Å². The lowest BCUT2D eigenvalue weighted by molar-refractivity contribution is 0.573. The predicted octanol–water partition coefficient (Wildman–Crippen LogP) is 0.894. The highest BCUT2D eigenvalue weighted by atomic mass is 35.5. The molecule has 0 fully saturated rings. The molecule has 2 N–H and O–H groups in total. The van der Waals surface area contributed by atoms with E-state index in [0.29, 0.717) is 5.02 Å². The van der Waals surface area contributed by atoms with E-state index in [4.69, 9.17) is 11.6 Å². The van der Waals surface area contributed by atoms with E-state index in [2.05, 4.69) is 9.44 Å². The fraction of sp³-hybridized carbons (Fsp3) is 0.250. The minimum atomic E-state index is -3.36. The molecule has 4 nitrogen and oxygen atoms in total. The highest BCUT2D eigenvalue weighted by Crippen LogP contribution is 2.09. The highest BCUT2D eigenvalue weighted by molar-refractivity contribution is 7.87. The van der Waals surface area contributed by atoms with Gasteiger partial charge in [-0.3, -0.25) is 0 Å². The molecule has 0 aliphatic carbocycles. The number of benzene rings is 1. The van der Waals surface area contributed by atoms with Gasteiger partial charge in [-0.05, 0) is 17.7 Å². The lowest BCUT2D eigenvalue weighted by Gasteiger charge is -2.04. The number of rotatable bonds is 4. The van der Waals surface area contributed by atoms with Gasteiger partial charge in [-0.25, -0.2) is 4.72 Å². The third kappa shape index (κ3) is 3.63. The highest BCUT2D eigenvalue weighted by Gasteiger charge is 2.04. The Balaban J connectivity index is 2.59. The minimum Gasteiger partial charge on any atom is -0.205 e. The summed E-state index contributed by atoms with van der Waals surface area (Å²) in [4.78, 5) is 0. The molecule has 0 aromatic heterocycles. The van der Waals surface area contributed by atoms with Crippen LogP contribution in [0.3, 0.4) is 0 Å². The summed E-state index contributed by atoms with van der Waals surface area (Å²) < 4.78 is 26.5. The van der Waals surface area contributed by atoms with Gasteiger partial charge >= 0.3 is 0 Å². The van der Waals surface area contributed by atoms with Gasteiger partial charge in [0.15, 0.2) is 0 Å². The van der Waals surface area contributed by atoms with Gasteiger partial charge in [-0.15, -0.1) is 0 Å². The van der Waals surface area contributed by atoms with Crippen LogP contribution in [0.25, 0.3) is 0 Å². The molecule has 0 spiro atoms. The van der Waals surface area contributed by atoms with E-state index in [1.807, 2.05) is 0 Å². The molecule has 0 unspecified atom stereocenters. The zero-order chi connectivity index (χ0) is 10.6. The first-order valence-corrected chi connectivity index (χ1v) is 5.82. The van der Waals surface area contributed by atoms with E-state index < -0.39 is 10.2 Å². The summed E-state index contributed by atoms with van der Waals surface area (Å²) in [7, 11) is -2.01. The Morgan fingerprint density at radius 1 is 1.29 bits per heavy atom. The molecule has 6 heteroatoms. The van der Waals surface area contributed by atoms with Crippen LogP contribution in [0.15, 0.2) is 24.3 Å². The third-order valence-electron chi connectivity index (χ3n) is 1.65. The van der Waals surface area contributed by atoms with Crippen LogP contribution in [0.5, 0.6) is 0 Å². The quantitative estimate of drug-likeness (QED) is 0.813. The zero-order valence-electron chi connectivity index (χ0n) is 7.62. The lowest BCUT2D eigenvalue weighted by atomic mass is 10.2. The van der Waals surface area contributed by atoms with Crippen molar-refractivity contribution in [1.82, 2.24) is 9.44 Å². The van der Waals surface area contributed by atoms with Crippen LogP contribution in [0.2, 0.25) is 5.02 Å². The molecule has 0 amide bonds. The van der Waals surface area contributed by atoms with Gasteiger partial charge in [0.05, 0.1) is 0 Å². The summed E-state index contributed by atoms with van der Waals surface area (Å²) in [5, 5.41) is 0.630. The molecule has 0 atom stereocenters. The first-order chi connectivity index (χ1) is 6.53. The van der Waals surface area contributed by atoms with Gasteiger partial charge < -0.3 is 0 Å². The van der Waals surface area contributed by atoms with E-state index >= 15 is 0 Å². The zero-order valence-corrected chi connectivity index (χ0v) is 9.19. The Kier molecular flexibility index (Phi) is 3.88. The molecule has 1 aromatic rings. The number of nitrogens with one attached hydrogen (secondary N) is 2. The van der Waals surface area contributed by atoms with Crippen molar-refractivity contribution < 1.29 is 8.42 Å². The predicted molar refractivity (Wildman–Crippen MR) is 56.3 cm³/mol. The third-order valence-corrected chi connectivity index (χ3v) is 2.96. The summed E-state index contributed by atoms with van der Waals surface area (Å²) >= 11 is 5.68. The Labute approximate surface area is 88.5 Å². The monoisotopic (exact) mass is 234 g/mol. The maximum Gasteiger partial charge on any atom is 0.276 e. The second-order valence-corrected chi connectivity index (χ2v) is 4.80. The SMILES string of the molecule is CNS(=O)(=O)NCc1ccc(Cl)cc1. The average Bonchev–Trinajstić information content (AvgIpc) is 2.17. The normalized spacial score (nSPS) is 11.6. The minimum absolute atomic E-state index is 0.250. The molecule has 78 valence electrons. The van der Waals surface area contributed by atoms with Gasteiger partial charge in [-0.2, -0.15) is 13.1 Å².